The van der Waals surface area contributed by atoms with Gasteiger partial charge in [-0.3, -0.25) is 9.69 Å². The predicted molar refractivity (Wildman–Crippen MR) is 138 cm³/mol. The fraction of sp³-hybridized carbons (Fsp3) is 0.200. The molecule has 2 aromatic heterocycles. The van der Waals surface area contributed by atoms with Crippen LogP contribution in [0.5, 0.6) is 0 Å². The Morgan fingerprint density at radius 2 is 1.88 bits per heavy atom. The van der Waals surface area contributed by atoms with Gasteiger partial charge in [-0.05, 0) is 45.9 Å². The van der Waals surface area contributed by atoms with Gasteiger partial charge < -0.3 is 10.6 Å². The van der Waals surface area contributed by atoms with Crippen molar-refractivity contribution >= 4 is 55.2 Å². The molecule has 1 atom stereocenters. The standard InChI is InChI=1S/C25H22BrN5O2S/c1-25(14-16-7-3-2-4-8-16)22(32)31(24(33)30-25)12-11-27-23-28-15-18(26)21(29-23)20-13-17-9-5-6-10-19(17)34-20/h2-10,13,15H,11-12,14H2,1H3,(H,30,33)(H,27,28,29). The molecule has 1 unspecified atom stereocenters. The number of benzene rings is 2. The van der Waals surface area contributed by atoms with Crippen molar-refractivity contribution in [3.8, 4) is 10.6 Å². The highest BCUT2D eigenvalue weighted by Crippen LogP contribution is 2.36. The lowest BCUT2D eigenvalue weighted by atomic mass is 9.93. The number of imide groups is 1. The van der Waals surface area contributed by atoms with Crippen LogP contribution in [0, 0.1) is 0 Å². The first-order chi connectivity index (χ1) is 16.4. The van der Waals surface area contributed by atoms with Crippen molar-refractivity contribution in [3.05, 3.63) is 76.9 Å². The Balaban J connectivity index is 1.25. The Morgan fingerprint density at radius 3 is 2.68 bits per heavy atom. The van der Waals surface area contributed by atoms with E-state index in [1.54, 1.807) is 24.5 Å². The number of halogens is 1. The van der Waals surface area contributed by atoms with E-state index in [2.05, 4.69) is 54.7 Å². The summed E-state index contributed by atoms with van der Waals surface area (Å²) in [5, 5.41) is 7.17. The van der Waals surface area contributed by atoms with Crippen molar-refractivity contribution < 1.29 is 9.59 Å². The van der Waals surface area contributed by atoms with Gasteiger partial charge in [-0.2, -0.15) is 0 Å². The summed E-state index contributed by atoms with van der Waals surface area (Å²) in [4.78, 5) is 36.8. The van der Waals surface area contributed by atoms with Crippen LogP contribution in [-0.4, -0.2) is 45.4 Å². The molecule has 5 rings (SSSR count). The molecular weight excluding hydrogens is 514 g/mol. The van der Waals surface area contributed by atoms with Crippen LogP contribution in [0.25, 0.3) is 20.7 Å². The van der Waals surface area contributed by atoms with Crippen LogP contribution in [0.2, 0.25) is 0 Å². The molecule has 1 aliphatic heterocycles. The quantitative estimate of drug-likeness (QED) is 0.322. The Bertz CT molecular complexity index is 1340. The van der Waals surface area contributed by atoms with Crippen LogP contribution in [-0.2, 0) is 11.2 Å². The van der Waals surface area contributed by atoms with Crippen LogP contribution in [0.4, 0.5) is 10.7 Å². The minimum absolute atomic E-state index is 0.215. The van der Waals surface area contributed by atoms with Gasteiger partial charge in [-0.25, -0.2) is 14.8 Å². The number of carbonyl (C=O) groups excluding carboxylic acids is 2. The van der Waals surface area contributed by atoms with E-state index in [-0.39, 0.29) is 18.5 Å². The molecule has 0 aliphatic carbocycles. The lowest BCUT2D eigenvalue weighted by Gasteiger charge is -2.21. The lowest BCUT2D eigenvalue weighted by molar-refractivity contribution is -0.130. The minimum atomic E-state index is -0.957. The third-order valence-corrected chi connectivity index (χ3v) is 7.47. The molecule has 172 valence electrons. The first-order valence-electron chi connectivity index (χ1n) is 10.9. The predicted octanol–water partition coefficient (Wildman–Crippen LogP) is 5.09. The van der Waals surface area contributed by atoms with Crippen molar-refractivity contribution in [3.63, 3.8) is 0 Å². The second-order valence-electron chi connectivity index (χ2n) is 8.35. The van der Waals surface area contributed by atoms with Gasteiger partial charge in [0, 0.05) is 30.4 Å². The van der Waals surface area contributed by atoms with Crippen LogP contribution >= 0.6 is 27.3 Å². The summed E-state index contributed by atoms with van der Waals surface area (Å²) in [5.74, 6) is 0.209. The lowest BCUT2D eigenvalue weighted by Crippen LogP contribution is -2.46. The Labute approximate surface area is 209 Å². The van der Waals surface area contributed by atoms with E-state index in [4.69, 9.17) is 0 Å². The molecule has 1 aliphatic rings. The smallest absolute Gasteiger partial charge is 0.325 e. The topological polar surface area (TPSA) is 87.2 Å². The molecule has 0 bridgehead atoms. The molecule has 0 saturated carbocycles. The summed E-state index contributed by atoms with van der Waals surface area (Å²) in [6.45, 7) is 2.32. The maximum Gasteiger partial charge on any atom is 0.325 e. The van der Waals surface area contributed by atoms with E-state index in [0.29, 0.717) is 18.9 Å². The zero-order chi connectivity index (χ0) is 23.7. The summed E-state index contributed by atoms with van der Waals surface area (Å²) < 4.78 is 1.99. The monoisotopic (exact) mass is 535 g/mol. The normalized spacial score (nSPS) is 17.9. The summed E-state index contributed by atoms with van der Waals surface area (Å²) in [7, 11) is 0. The number of hydrogen-bond donors (Lipinski definition) is 2. The van der Waals surface area contributed by atoms with Gasteiger partial charge in [-0.15, -0.1) is 11.3 Å². The molecule has 1 saturated heterocycles. The number of rotatable bonds is 7. The molecule has 2 N–H and O–H groups in total. The van der Waals surface area contributed by atoms with Gasteiger partial charge in [0.1, 0.15) is 11.2 Å². The van der Waals surface area contributed by atoms with Crippen LogP contribution in [0.3, 0.4) is 0 Å². The number of urea groups is 1. The number of nitrogens with one attached hydrogen (secondary N) is 2. The number of nitrogens with zero attached hydrogens (tertiary/aromatic N) is 3. The first-order valence-corrected chi connectivity index (χ1v) is 12.5. The van der Waals surface area contributed by atoms with Gasteiger partial charge in [0.25, 0.3) is 5.91 Å². The fourth-order valence-electron chi connectivity index (χ4n) is 4.08. The number of fused-ring (bicyclic) bond motifs is 1. The SMILES string of the molecule is CC1(Cc2ccccc2)NC(=O)N(CCNc2ncc(Br)c(-c3cc4ccccc4s3)n2)C1=O. The van der Waals surface area contributed by atoms with Crippen molar-refractivity contribution in [1.82, 2.24) is 20.2 Å². The average molecular weight is 536 g/mol. The second-order valence-corrected chi connectivity index (χ2v) is 10.3. The maximum atomic E-state index is 13.0. The minimum Gasteiger partial charge on any atom is -0.352 e. The van der Waals surface area contributed by atoms with E-state index in [1.807, 2.05) is 42.5 Å². The number of aromatic nitrogens is 2. The van der Waals surface area contributed by atoms with Crippen molar-refractivity contribution in [1.29, 1.82) is 0 Å². The van der Waals surface area contributed by atoms with Gasteiger partial charge in [-0.1, -0.05) is 48.5 Å². The summed E-state index contributed by atoms with van der Waals surface area (Å²) in [5.41, 5.74) is 0.834. The zero-order valence-corrected chi connectivity index (χ0v) is 20.8. The van der Waals surface area contributed by atoms with E-state index in [9.17, 15) is 9.59 Å². The maximum absolute atomic E-state index is 13.0. The average Bonchev–Trinajstić information content (AvgIpc) is 3.35. The summed E-state index contributed by atoms with van der Waals surface area (Å²) in [6.07, 6.45) is 2.15. The summed E-state index contributed by atoms with van der Waals surface area (Å²) in [6, 6.07) is 19.6. The number of hydrogen-bond acceptors (Lipinski definition) is 6. The van der Waals surface area contributed by atoms with E-state index in [1.165, 1.54) is 15.0 Å². The number of anilines is 1. The Morgan fingerprint density at radius 1 is 1.12 bits per heavy atom. The number of carbonyl (C=O) groups is 2. The van der Waals surface area contributed by atoms with Crippen LogP contribution in [0.1, 0.15) is 12.5 Å². The molecule has 4 aromatic rings. The first kappa shape index (κ1) is 22.5. The van der Waals surface area contributed by atoms with Gasteiger partial charge >= 0.3 is 6.03 Å². The largest absolute Gasteiger partial charge is 0.352 e. The Kier molecular flexibility index (Phi) is 6.05. The second kappa shape index (κ2) is 9.15. The molecule has 0 radical (unpaired) electrons. The molecule has 7 nitrogen and oxygen atoms in total. The molecule has 3 amide bonds. The molecule has 0 spiro atoms. The third-order valence-electron chi connectivity index (χ3n) is 5.77. The molecule has 3 heterocycles. The van der Waals surface area contributed by atoms with Gasteiger partial charge in [0.05, 0.1) is 9.35 Å². The van der Waals surface area contributed by atoms with Gasteiger partial charge in [0.2, 0.25) is 5.95 Å². The highest BCUT2D eigenvalue weighted by molar-refractivity contribution is 9.10. The highest BCUT2D eigenvalue weighted by Gasteiger charge is 2.47. The van der Waals surface area contributed by atoms with Crippen molar-refractivity contribution in [2.75, 3.05) is 18.4 Å². The van der Waals surface area contributed by atoms with Crippen LogP contribution in [0.15, 0.2) is 71.3 Å². The molecule has 34 heavy (non-hydrogen) atoms. The fourth-order valence-corrected chi connectivity index (χ4v) is 5.68. The van der Waals surface area contributed by atoms with E-state index >= 15 is 0 Å². The number of thiophene rings is 1. The zero-order valence-electron chi connectivity index (χ0n) is 18.4. The van der Waals surface area contributed by atoms with Gasteiger partial charge in [0.15, 0.2) is 0 Å². The molecule has 9 heteroatoms. The highest BCUT2D eigenvalue weighted by atomic mass is 79.9. The Hall–Kier alpha value is -3.30. The van der Waals surface area contributed by atoms with Crippen molar-refractivity contribution in [2.24, 2.45) is 0 Å². The summed E-state index contributed by atoms with van der Waals surface area (Å²) >= 11 is 5.21. The van der Waals surface area contributed by atoms with E-state index < -0.39 is 5.54 Å². The molecule has 2 aromatic carbocycles. The van der Waals surface area contributed by atoms with Crippen molar-refractivity contribution in [2.45, 2.75) is 18.9 Å². The number of amides is 3. The molecular formula is C25H22BrN5O2S. The third kappa shape index (κ3) is 4.41. The molecule has 1 fully saturated rings. The van der Waals surface area contributed by atoms with Crippen LogP contribution < -0.4 is 10.6 Å². The van der Waals surface area contributed by atoms with E-state index in [0.717, 1.165) is 20.6 Å².